The number of ether oxygens (including phenoxy) is 2. The molecule has 2 saturated heterocycles. The molecule has 0 aliphatic carbocycles. The van der Waals surface area contributed by atoms with E-state index in [1.165, 1.54) is 0 Å². The second-order valence-electron chi connectivity index (χ2n) is 5.44. The lowest BCUT2D eigenvalue weighted by Gasteiger charge is -2.33. The van der Waals surface area contributed by atoms with E-state index in [-0.39, 0.29) is 5.44 Å². The summed E-state index contributed by atoms with van der Waals surface area (Å²) in [5, 5.41) is 0. The minimum Gasteiger partial charge on any atom is -0.378 e. The van der Waals surface area contributed by atoms with Gasteiger partial charge in [-0.3, -0.25) is 4.40 Å². The monoisotopic (exact) mass is 321 g/mol. The van der Waals surface area contributed by atoms with E-state index in [0.717, 1.165) is 56.8 Å². The zero-order valence-corrected chi connectivity index (χ0v) is 13.2. The highest BCUT2D eigenvalue weighted by molar-refractivity contribution is 7.80. The van der Waals surface area contributed by atoms with Crippen LogP contribution in [0.1, 0.15) is 0 Å². The van der Waals surface area contributed by atoms with Crippen molar-refractivity contribution >= 4 is 30.0 Å². The van der Waals surface area contributed by atoms with E-state index in [9.17, 15) is 0 Å². The molecule has 22 heavy (non-hydrogen) atoms. The summed E-state index contributed by atoms with van der Waals surface area (Å²) >= 11 is 4.42. The molecule has 4 heterocycles. The van der Waals surface area contributed by atoms with E-state index in [1.807, 2.05) is 22.9 Å². The lowest BCUT2D eigenvalue weighted by molar-refractivity contribution is 0.0993. The molecule has 118 valence electrons. The van der Waals surface area contributed by atoms with Crippen LogP contribution in [0.15, 0.2) is 18.5 Å². The molecule has 0 spiro atoms. The van der Waals surface area contributed by atoms with Gasteiger partial charge in [0.2, 0.25) is 5.95 Å². The summed E-state index contributed by atoms with van der Waals surface area (Å²) in [6.07, 6.45) is 3.77. The van der Waals surface area contributed by atoms with E-state index in [0.29, 0.717) is 6.61 Å². The molecule has 2 aromatic heterocycles. The van der Waals surface area contributed by atoms with Crippen LogP contribution in [0.4, 0.5) is 11.8 Å². The van der Waals surface area contributed by atoms with Crippen LogP contribution in [0.25, 0.3) is 5.65 Å². The number of hydrogen-bond acceptors (Lipinski definition) is 7. The summed E-state index contributed by atoms with van der Waals surface area (Å²) in [7, 11) is 0. The van der Waals surface area contributed by atoms with Gasteiger partial charge >= 0.3 is 0 Å². The van der Waals surface area contributed by atoms with Crippen LogP contribution in [-0.2, 0) is 9.47 Å². The van der Waals surface area contributed by atoms with Gasteiger partial charge in [-0.2, -0.15) is 4.98 Å². The van der Waals surface area contributed by atoms with Gasteiger partial charge < -0.3 is 19.3 Å². The molecule has 2 aliphatic rings. The maximum atomic E-state index is 5.50. The lowest BCUT2D eigenvalue weighted by atomic mass is 10.4. The Balaban J connectivity index is 1.72. The number of imidazole rings is 1. The van der Waals surface area contributed by atoms with Crippen LogP contribution in [0.3, 0.4) is 0 Å². The van der Waals surface area contributed by atoms with Crippen LogP contribution in [0, 0.1) is 0 Å². The molecule has 7 nitrogen and oxygen atoms in total. The molecule has 0 amide bonds. The maximum Gasteiger partial charge on any atom is 0.213 e. The number of hydrogen-bond donors (Lipinski definition) is 1. The minimum atomic E-state index is -0.0710. The number of nitrogens with zero attached hydrogens (tertiary/aromatic N) is 5. The normalized spacial score (nSPS) is 23.2. The van der Waals surface area contributed by atoms with Gasteiger partial charge in [-0.25, -0.2) is 4.98 Å². The Morgan fingerprint density at radius 3 is 2.77 bits per heavy atom. The van der Waals surface area contributed by atoms with Crippen LogP contribution >= 0.6 is 12.6 Å². The van der Waals surface area contributed by atoms with Gasteiger partial charge in [0.15, 0.2) is 0 Å². The molecule has 4 rings (SSSR count). The van der Waals surface area contributed by atoms with E-state index in [4.69, 9.17) is 14.5 Å². The quantitative estimate of drug-likeness (QED) is 0.820. The SMILES string of the molecule is SC1CN(c2cc3nccn3c(N3CCOCC3)n2)CCO1. The molecule has 0 saturated carbocycles. The average molecular weight is 321 g/mol. The van der Waals surface area contributed by atoms with Crippen molar-refractivity contribution in [2.75, 3.05) is 55.8 Å². The molecule has 2 aliphatic heterocycles. The smallest absolute Gasteiger partial charge is 0.213 e. The van der Waals surface area contributed by atoms with Crippen molar-refractivity contribution in [3.8, 4) is 0 Å². The van der Waals surface area contributed by atoms with Crippen molar-refractivity contribution in [3.63, 3.8) is 0 Å². The van der Waals surface area contributed by atoms with E-state index < -0.39 is 0 Å². The van der Waals surface area contributed by atoms with Gasteiger partial charge in [-0.1, -0.05) is 0 Å². The molecule has 0 bridgehead atoms. The van der Waals surface area contributed by atoms with Crippen LogP contribution in [-0.4, -0.2) is 65.8 Å². The predicted molar refractivity (Wildman–Crippen MR) is 87.0 cm³/mol. The third-order valence-corrected chi connectivity index (χ3v) is 4.34. The zero-order chi connectivity index (χ0) is 14.9. The van der Waals surface area contributed by atoms with Crippen molar-refractivity contribution in [2.24, 2.45) is 0 Å². The van der Waals surface area contributed by atoms with Gasteiger partial charge in [0, 0.05) is 38.1 Å². The second-order valence-corrected chi connectivity index (χ2v) is 6.02. The maximum absolute atomic E-state index is 5.50. The summed E-state index contributed by atoms with van der Waals surface area (Å²) in [4.78, 5) is 13.8. The summed E-state index contributed by atoms with van der Waals surface area (Å²) < 4.78 is 13.0. The molecule has 2 fully saturated rings. The largest absolute Gasteiger partial charge is 0.378 e. The first-order valence-corrected chi connectivity index (χ1v) is 8.04. The molecule has 0 N–H and O–H groups in total. The molecular weight excluding hydrogens is 302 g/mol. The highest BCUT2D eigenvalue weighted by atomic mass is 32.1. The molecular formula is C14H19N5O2S. The van der Waals surface area contributed by atoms with Crippen molar-refractivity contribution in [1.82, 2.24) is 14.4 Å². The molecule has 1 unspecified atom stereocenters. The van der Waals surface area contributed by atoms with Crippen LogP contribution in [0.2, 0.25) is 0 Å². The number of aromatic nitrogens is 3. The Bertz CT molecular complexity index is 658. The van der Waals surface area contributed by atoms with E-state index >= 15 is 0 Å². The summed E-state index contributed by atoms with van der Waals surface area (Å²) in [6.45, 7) is 5.39. The third kappa shape index (κ3) is 2.62. The molecule has 0 radical (unpaired) electrons. The van der Waals surface area contributed by atoms with Gasteiger partial charge in [0.1, 0.15) is 16.9 Å². The minimum absolute atomic E-state index is 0.0710. The topological polar surface area (TPSA) is 55.1 Å². The number of fused-ring (bicyclic) bond motifs is 1. The number of morpholine rings is 2. The van der Waals surface area contributed by atoms with Gasteiger partial charge in [0.05, 0.1) is 26.4 Å². The standard InChI is InChI=1S/C14H19N5O2S/c22-13-10-18(5-8-21-13)12-9-11-15-1-2-19(11)14(16-12)17-3-6-20-7-4-17/h1-2,9,13,22H,3-8,10H2. The van der Waals surface area contributed by atoms with Crippen molar-refractivity contribution in [1.29, 1.82) is 0 Å². The second kappa shape index (κ2) is 5.94. The van der Waals surface area contributed by atoms with E-state index in [2.05, 4.69) is 27.4 Å². The fourth-order valence-corrected chi connectivity index (χ4v) is 3.19. The molecule has 0 aromatic carbocycles. The van der Waals surface area contributed by atoms with Gasteiger partial charge in [-0.15, -0.1) is 12.6 Å². The Morgan fingerprint density at radius 1 is 1.14 bits per heavy atom. The Kier molecular flexibility index (Phi) is 3.81. The average Bonchev–Trinajstić information content (AvgIpc) is 3.03. The van der Waals surface area contributed by atoms with Crippen molar-refractivity contribution in [3.05, 3.63) is 18.5 Å². The lowest BCUT2D eigenvalue weighted by Crippen LogP contribution is -2.41. The third-order valence-electron chi connectivity index (χ3n) is 4.02. The summed E-state index contributed by atoms with van der Waals surface area (Å²) in [6, 6.07) is 2.02. The van der Waals surface area contributed by atoms with Gasteiger partial charge in [-0.05, 0) is 0 Å². The highest BCUT2D eigenvalue weighted by Crippen LogP contribution is 2.23. The molecule has 2 aromatic rings. The van der Waals surface area contributed by atoms with E-state index in [1.54, 1.807) is 0 Å². The fraction of sp³-hybridized carbons (Fsp3) is 0.571. The fourth-order valence-electron chi connectivity index (χ4n) is 2.88. The number of rotatable bonds is 2. The molecule has 1 atom stereocenters. The summed E-state index contributed by atoms with van der Waals surface area (Å²) in [5.41, 5.74) is 0.840. The Labute approximate surface area is 134 Å². The first-order chi connectivity index (χ1) is 10.8. The van der Waals surface area contributed by atoms with Crippen LogP contribution < -0.4 is 9.80 Å². The van der Waals surface area contributed by atoms with Crippen LogP contribution in [0.5, 0.6) is 0 Å². The Hall–Kier alpha value is -1.51. The number of anilines is 2. The zero-order valence-electron chi connectivity index (χ0n) is 12.3. The van der Waals surface area contributed by atoms with Crippen molar-refractivity contribution < 1.29 is 9.47 Å². The van der Waals surface area contributed by atoms with Gasteiger partial charge in [0.25, 0.3) is 0 Å². The highest BCUT2D eigenvalue weighted by Gasteiger charge is 2.22. The number of thiol groups is 1. The summed E-state index contributed by atoms with van der Waals surface area (Å²) in [5.74, 6) is 1.86. The molecule has 8 heteroatoms. The first kappa shape index (κ1) is 14.1. The predicted octanol–water partition coefficient (Wildman–Crippen LogP) is 0.658. The Morgan fingerprint density at radius 2 is 1.95 bits per heavy atom. The first-order valence-electron chi connectivity index (χ1n) is 7.53. The van der Waals surface area contributed by atoms with Crippen molar-refractivity contribution in [2.45, 2.75) is 5.44 Å².